The van der Waals surface area contributed by atoms with Crippen LogP contribution in [0, 0.1) is 5.92 Å². The highest BCUT2D eigenvalue weighted by Gasteiger charge is 2.35. The summed E-state index contributed by atoms with van der Waals surface area (Å²) in [4.78, 5) is 44.2. The van der Waals surface area contributed by atoms with Gasteiger partial charge in [-0.1, -0.05) is 74.5 Å². The molecule has 2 aromatic rings. The smallest absolute Gasteiger partial charge is 0.408 e. The Morgan fingerprint density at radius 1 is 0.933 bits per heavy atom. The van der Waals surface area contributed by atoms with Gasteiger partial charge < -0.3 is 25.2 Å². The monoisotopic (exact) mass is 434 g/mol. The van der Waals surface area contributed by atoms with E-state index < -0.39 is 37.3 Å². The number of benzene rings is 2. The summed E-state index contributed by atoms with van der Waals surface area (Å²) < 4.78 is 16.9. The lowest BCUT2D eigenvalue weighted by Crippen LogP contribution is -2.51. The zero-order valence-electron chi connectivity index (χ0n) is 16.9. The molecule has 0 heterocycles. The minimum Gasteiger partial charge on any atom is -0.445 e. The Labute approximate surface area is 175 Å². The molecular formula is C21H27N2O6P. The van der Waals surface area contributed by atoms with Crippen molar-refractivity contribution in [1.82, 2.24) is 10.6 Å². The third-order valence-corrected chi connectivity index (χ3v) is 5.84. The number of carbonyl (C=O) groups excluding carboxylic acids is 2. The van der Waals surface area contributed by atoms with Crippen LogP contribution >= 0.6 is 7.60 Å². The molecule has 0 aromatic heterocycles. The Hall–Kier alpha value is -2.67. The van der Waals surface area contributed by atoms with E-state index in [1.165, 1.54) is 0 Å². The molecule has 4 N–H and O–H groups in total. The zero-order valence-corrected chi connectivity index (χ0v) is 17.8. The van der Waals surface area contributed by atoms with Crippen molar-refractivity contribution in [3.8, 4) is 0 Å². The first-order chi connectivity index (χ1) is 14.2. The molecule has 0 spiro atoms. The van der Waals surface area contributed by atoms with Crippen molar-refractivity contribution in [2.45, 2.75) is 38.7 Å². The van der Waals surface area contributed by atoms with Crippen molar-refractivity contribution in [2.75, 3.05) is 0 Å². The number of amides is 2. The fraction of sp³-hybridized carbons (Fsp3) is 0.333. The van der Waals surface area contributed by atoms with Crippen molar-refractivity contribution < 1.29 is 28.7 Å². The van der Waals surface area contributed by atoms with Gasteiger partial charge in [0.2, 0.25) is 5.91 Å². The summed E-state index contributed by atoms with van der Waals surface area (Å²) in [6.07, 6.45) is -0.661. The Bertz CT molecular complexity index is 870. The minimum absolute atomic E-state index is 0.0312. The van der Waals surface area contributed by atoms with Gasteiger partial charge >= 0.3 is 13.7 Å². The lowest BCUT2D eigenvalue weighted by atomic mass is 10.1. The van der Waals surface area contributed by atoms with E-state index in [4.69, 9.17) is 4.74 Å². The van der Waals surface area contributed by atoms with Gasteiger partial charge in [-0.3, -0.25) is 9.36 Å². The van der Waals surface area contributed by atoms with E-state index in [-0.39, 0.29) is 13.0 Å². The van der Waals surface area contributed by atoms with Crippen molar-refractivity contribution in [1.29, 1.82) is 0 Å². The Balaban J connectivity index is 2.10. The zero-order chi connectivity index (χ0) is 22.1. The first-order valence-electron chi connectivity index (χ1n) is 9.53. The van der Waals surface area contributed by atoms with E-state index in [9.17, 15) is 23.9 Å². The molecule has 8 nitrogen and oxygen atoms in total. The van der Waals surface area contributed by atoms with Gasteiger partial charge in [-0.05, 0) is 17.0 Å². The van der Waals surface area contributed by atoms with Crippen LogP contribution in [0.3, 0.4) is 0 Å². The molecule has 2 aromatic carbocycles. The molecule has 30 heavy (non-hydrogen) atoms. The third-order valence-electron chi connectivity index (χ3n) is 4.39. The summed E-state index contributed by atoms with van der Waals surface area (Å²) >= 11 is 0. The Morgan fingerprint density at radius 3 is 1.97 bits per heavy atom. The Kier molecular flexibility index (Phi) is 8.59. The minimum atomic E-state index is -4.57. The molecule has 0 fully saturated rings. The highest BCUT2D eigenvalue weighted by Crippen LogP contribution is 2.43. The predicted octanol–water partition coefficient (Wildman–Crippen LogP) is 2.80. The van der Waals surface area contributed by atoms with E-state index in [0.29, 0.717) is 0 Å². The van der Waals surface area contributed by atoms with E-state index in [0.717, 1.165) is 11.1 Å². The third kappa shape index (κ3) is 7.63. The van der Waals surface area contributed by atoms with Gasteiger partial charge in [-0.25, -0.2) is 4.79 Å². The molecule has 2 rings (SSSR count). The average molecular weight is 434 g/mol. The fourth-order valence-electron chi connectivity index (χ4n) is 2.85. The second-order valence-corrected chi connectivity index (χ2v) is 8.97. The van der Waals surface area contributed by atoms with Gasteiger partial charge in [0.05, 0.1) is 0 Å². The van der Waals surface area contributed by atoms with Gasteiger partial charge in [0.15, 0.2) is 0 Å². The molecule has 0 aliphatic rings. The molecule has 2 amide bonds. The molecular weight excluding hydrogens is 407 g/mol. The number of rotatable bonds is 9. The largest absolute Gasteiger partial charge is 0.445 e. The lowest BCUT2D eigenvalue weighted by Gasteiger charge is -2.26. The molecule has 9 heteroatoms. The molecule has 0 aliphatic carbocycles. The van der Waals surface area contributed by atoms with Crippen LogP contribution < -0.4 is 10.6 Å². The fourth-order valence-corrected chi connectivity index (χ4v) is 3.92. The Morgan fingerprint density at radius 2 is 1.47 bits per heavy atom. The molecule has 0 saturated carbocycles. The number of nitrogens with one attached hydrogen (secondary N) is 2. The number of hydrogen-bond donors (Lipinski definition) is 4. The van der Waals surface area contributed by atoms with Crippen molar-refractivity contribution in [3.63, 3.8) is 0 Å². The van der Waals surface area contributed by atoms with Crippen LogP contribution in [0.15, 0.2) is 60.7 Å². The van der Waals surface area contributed by atoms with Crippen LogP contribution in [0.2, 0.25) is 0 Å². The van der Waals surface area contributed by atoms with Gasteiger partial charge in [-0.2, -0.15) is 0 Å². The van der Waals surface area contributed by atoms with E-state index in [2.05, 4.69) is 10.6 Å². The van der Waals surface area contributed by atoms with Gasteiger partial charge in [0.1, 0.15) is 18.4 Å². The van der Waals surface area contributed by atoms with Crippen molar-refractivity contribution >= 4 is 19.6 Å². The standard InChI is InChI=1S/C21H27N2O6P/c1-15(2)20(30(26,27)28)23-19(24)18(13-16-9-5-3-6-10-16)22-21(25)29-14-17-11-7-4-8-12-17/h3-12,15,18,20H,13-14H2,1-2H3,(H,22,25)(H,23,24)(H2,26,27,28). The van der Waals surface area contributed by atoms with Crippen LogP contribution in [0.4, 0.5) is 4.79 Å². The van der Waals surface area contributed by atoms with Crippen molar-refractivity contribution in [2.24, 2.45) is 5.92 Å². The van der Waals surface area contributed by atoms with Crippen LogP contribution in [-0.4, -0.2) is 33.6 Å². The number of hydrogen-bond acceptors (Lipinski definition) is 4. The predicted molar refractivity (Wildman–Crippen MR) is 113 cm³/mol. The second kappa shape index (κ2) is 10.9. The topological polar surface area (TPSA) is 125 Å². The quantitative estimate of drug-likeness (QED) is 0.450. The highest BCUT2D eigenvalue weighted by atomic mass is 31.2. The SMILES string of the molecule is CC(C)C(NC(=O)C(Cc1ccccc1)NC(=O)OCc1ccccc1)P(=O)(O)O. The normalized spacial score (nSPS) is 13.4. The first-order valence-corrected chi connectivity index (χ1v) is 11.2. The maximum absolute atomic E-state index is 12.8. The second-order valence-electron chi connectivity index (χ2n) is 7.23. The summed E-state index contributed by atoms with van der Waals surface area (Å²) in [5.74, 6) is -2.56. The van der Waals surface area contributed by atoms with Crippen LogP contribution in [-0.2, 0) is 27.1 Å². The van der Waals surface area contributed by atoms with Gasteiger partial charge in [0.25, 0.3) is 0 Å². The number of carbonyl (C=O) groups is 2. The maximum Gasteiger partial charge on any atom is 0.408 e. The van der Waals surface area contributed by atoms with Crippen molar-refractivity contribution in [3.05, 3.63) is 71.8 Å². The summed E-state index contributed by atoms with van der Waals surface area (Å²) in [6, 6.07) is 17.0. The number of alkyl carbamates (subject to hydrolysis) is 1. The molecule has 0 aliphatic heterocycles. The average Bonchev–Trinajstić information content (AvgIpc) is 2.70. The molecule has 0 radical (unpaired) electrons. The van der Waals surface area contributed by atoms with Crippen LogP contribution in [0.5, 0.6) is 0 Å². The van der Waals surface area contributed by atoms with E-state index in [1.807, 2.05) is 24.3 Å². The molecule has 2 atom stereocenters. The molecule has 0 saturated heterocycles. The van der Waals surface area contributed by atoms with E-state index >= 15 is 0 Å². The van der Waals surface area contributed by atoms with Crippen LogP contribution in [0.25, 0.3) is 0 Å². The highest BCUT2D eigenvalue weighted by molar-refractivity contribution is 7.52. The van der Waals surface area contributed by atoms with Gasteiger partial charge in [0, 0.05) is 6.42 Å². The summed E-state index contributed by atoms with van der Waals surface area (Å²) in [5.41, 5.74) is 1.57. The number of ether oxygens (including phenoxy) is 1. The first kappa shape index (κ1) is 23.6. The summed E-state index contributed by atoms with van der Waals surface area (Å²) in [7, 11) is -4.57. The maximum atomic E-state index is 12.8. The lowest BCUT2D eigenvalue weighted by molar-refractivity contribution is -0.123. The summed E-state index contributed by atoms with van der Waals surface area (Å²) in [5, 5.41) is 4.89. The summed E-state index contributed by atoms with van der Waals surface area (Å²) in [6.45, 7) is 3.22. The van der Waals surface area contributed by atoms with E-state index in [1.54, 1.807) is 50.2 Å². The molecule has 2 unspecified atom stereocenters. The molecule has 162 valence electrons. The van der Waals surface area contributed by atoms with Crippen LogP contribution in [0.1, 0.15) is 25.0 Å². The van der Waals surface area contributed by atoms with Gasteiger partial charge in [-0.15, -0.1) is 0 Å². The molecule has 0 bridgehead atoms.